The van der Waals surface area contributed by atoms with Crippen molar-refractivity contribution in [2.24, 2.45) is 5.92 Å². The molecule has 2 saturated heterocycles. The quantitative estimate of drug-likeness (QED) is 0.661. The minimum atomic E-state index is -0.542. The molecule has 2 heterocycles. The fourth-order valence-corrected chi connectivity index (χ4v) is 4.09. The van der Waals surface area contributed by atoms with E-state index in [1.807, 2.05) is 58.0 Å². The summed E-state index contributed by atoms with van der Waals surface area (Å²) < 4.78 is 11.4. The highest BCUT2D eigenvalue weighted by atomic mass is 16.6. The van der Waals surface area contributed by atoms with Crippen LogP contribution in [-0.4, -0.2) is 40.9 Å². The molecular weight excluding hydrogens is 332 g/mol. The van der Waals surface area contributed by atoms with E-state index in [9.17, 15) is 9.59 Å². The molecule has 1 aromatic rings. The fourth-order valence-electron chi connectivity index (χ4n) is 4.09. The largest absolute Gasteiger partial charge is 0.460 e. The third kappa shape index (κ3) is 3.70. The highest BCUT2D eigenvalue weighted by Crippen LogP contribution is 2.44. The molecule has 3 rings (SSSR count). The molecule has 0 aliphatic carbocycles. The standard InChI is InChI=1S/C20H28N2O4/c1-14-17(18(23)25-13-15-8-6-5-7-9-15)12-16-10-11-22(14,16)21-19(24)26-20(2,3)4/h5-9,14,16-17H,10-13H2,1-4H3/p+1/t14-,16?,17?,22-/m0/s1. The zero-order chi connectivity index (χ0) is 18.9. The van der Waals surface area contributed by atoms with Gasteiger partial charge in [0.2, 0.25) is 0 Å². The van der Waals surface area contributed by atoms with E-state index < -0.39 is 11.7 Å². The summed E-state index contributed by atoms with van der Waals surface area (Å²) in [6.45, 7) is 8.66. The highest BCUT2D eigenvalue weighted by molar-refractivity contribution is 5.73. The van der Waals surface area contributed by atoms with Crippen LogP contribution in [0.25, 0.3) is 0 Å². The lowest BCUT2D eigenvalue weighted by Gasteiger charge is -2.49. The number of hydrogen-bond donors (Lipinski definition) is 1. The van der Waals surface area contributed by atoms with Gasteiger partial charge in [0.05, 0.1) is 6.42 Å². The molecule has 0 radical (unpaired) electrons. The predicted molar refractivity (Wildman–Crippen MR) is 96.7 cm³/mol. The number of benzene rings is 1. The summed E-state index contributed by atoms with van der Waals surface area (Å²) in [7, 11) is 0. The molecule has 0 bridgehead atoms. The van der Waals surface area contributed by atoms with Crippen LogP contribution in [0, 0.1) is 5.92 Å². The summed E-state index contributed by atoms with van der Waals surface area (Å²) >= 11 is 0. The fraction of sp³-hybridized carbons (Fsp3) is 0.600. The van der Waals surface area contributed by atoms with Gasteiger partial charge >= 0.3 is 12.1 Å². The molecule has 0 spiro atoms. The Hall–Kier alpha value is -2.08. The van der Waals surface area contributed by atoms with Gasteiger partial charge in [-0.15, -0.1) is 0 Å². The molecule has 0 aromatic heterocycles. The minimum absolute atomic E-state index is 0.0236. The summed E-state index contributed by atoms with van der Waals surface area (Å²) in [5, 5.41) is 0. The predicted octanol–water partition coefficient (Wildman–Crippen LogP) is 3.17. The smallest absolute Gasteiger partial charge is 0.452 e. The van der Waals surface area contributed by atoms with Crippen molar-refractivity contribution in [2.75, 3.05) is 6.54 Å². The van der Waals surface area contributed by atoms with E-state index in [1.165, 1.54) is 0 Å². The van der Waals surface area contributed by atoms with E-state index in [1.54, 1.807) is 0 Å². The molecule has 0 saturated carbocycles. The molecule has 142 valence electrons. The number of hydrogen-bond acceptors (Lipinski definition) is 4. The van der Waals surface area contributed by atoms with Crippen LogP contribution in [0.3, 0.4) is 0 Å². The molecule has 26 heavy (non-hydrogen) atoms. The molecule has 6 nitrogen and oxygen atoms in total. The Balaban J connectivity index is 1.61. The van der Waals surface area contributed by atoms with Crippen molar-refractivity contribution >= 4 is 12.1 Å². The Morgan fingerprint density at radius 1 is 1.23 bits per heavy atom. The first kappa shape index (κ1) is 18.7. The van der Waals surface area contributed by atoms with Crippen molar-refractivity contribution < 1.29 is 23.7 Å². The van der Waals surface area contributed by atoms with Crippen LogP contribution in [0.1, 0.15) is 46.1 Å². The maximum atomic E-state index is 12.6. The normalized spacial score (nSPS) is 30.1. The molecule has 1 N–H and O–H groups in total. The Kier molecular flexibility index (Phi) is 4.97. The van der Waals surface area contributed by atoms with E-state index in [0.29, 0.717) is 4.59 Å². The number of carbonyl (C=O) groups is 2. The molecule has 1 aromatic carbocycles. The average molecular weight is 361 g/mol. The lowest BCUT2D eigenvalue weighted by molar-refractivity contribution is -1.03. The monoisotopic (exact) mass is 361 g/mol. The van der Waals surface area contributed by atoms with Crippen LogP contribution in [0.2, 0.25) is 0 Å². The van der Waals surface area contributed by atoms with E-state index >= 15 is 0 Å². The number of nitrogens with zero attached hydrogens (tertiary/aromatic N) is 1. The topological polar surface area (TPSA) is 64.6 Å². The Labute approximate surface area is 155 Å². The zero-order valence-electron chi connectivity index (χ0n) is 16.0. The molecule has 2 aliphatic rings. The second-order valence-corrected chi connectivity index (χ2v) is 8.39. The second kappa shape index (κ2) is 6.91. The average Bonchev–Trinajstić information content (AvgIpc) is 2.73. The van der Waals surface area contributed by atoms with Crippen LogP contribution >= 0.6 is 0 Å². The van der Waals surface area contributed by atoms with E-state index in [4.69, 9.17) is 9.47 Å². The van der Waals surface area contributed by atoms with E-state index in [0.717, 1.165) is 24.9 Å². The maximum absolute atomic E-state index is 12.6. The Morgan fingerprint density at radius 3 is 2.50 bits per heavy atom. The number of carbonyl (C=O) groups excluding carboxylic acids is 2. The van der Waals surface area contributed by atoms with Gasteiger partial charge in [0, 0.05) is 6.42 Å². The van der Waals surface area contributed by atoms with Crippen LogP contribution < -0.4 is 5.43 Å². The number of rotatable bonds is 4. The summed E-state index contributed by atoms with van der Waals surface area (Å²) in [5.41, 5.74) is 3.46. The number of fused-ring (bicyclic) bond motifs is 1. The molecule has 2 unspecified atom stereocenters. The third-order valence-electron chi connectivity index (χ3n) is 5.54. The van der Waals surface area contributed by atoms with Crippen molar-refractivity contribution in [3.63, 3.8) is 0 Å². The first-order valence-electron chi connectivity index (χ1n) is 9.30. The number of nitrogens with one attached hydrogen (secondary N) is 1. The van der Waals surface area contributed by atoms with Crippen molar-refractivity contribution in [3.8, 4) is 0 Å². The number of ether oxygens (including phenoxy) is 2. The minimum Gasteiger partial charge on any atom is -0.460 e. The van der Waals surface area contributed by atoms with Crippen LogP contribution in [0.15, 0.2) is 30.3 Å². The number of amides is 1. The van der Waals surface area contributed by atoms with E-state index in [-0.39, 0.29) is 30.6 Å². The van der Waals surface area contributed by atoms with Crippen LogP contribution in [0.5, 0.6) is 0 Å². The summed E-state index contributed by atoms with van der Waals surface area (Å²) in [6, 6.07) is 9.91. The van der Waals surface area contributed by atoms with Crippen LogP contribution in [-0.2, 0) is 20.9 Å². The molecule has 4 atom stereocenters. The first-order chi connectivity index (χ1) is 12.2. The van der Waals surface area contributed by atoms with Crippen molar-refractivity contribution in [3.05, 3.63) is 35.9 Å². The molecular formula is C20H29N2O4+. The lowest BCUT2D eigenvalue weighted by Crippen LogP contribution is -2.73. The second-order valence-electron chi connectivity index (χ2n) is 8.39. The molecule has 1 amide bonds. The lowest BCUT2D eigenvalue weighted by atomic mass is 9.99. The van der Waals surface area contributed by atoms with E-state index in [2.05, 4.69) is 5.43 Å². The van der Waals surface area contributed by atoms with Gasteiger partial charge in [-0.25, -0.2) is 9.39 Å². The third-order valence-corrected chi connectivity index (χ3v) is 5.54. The maximum Gasteiger partial charge on any atom is 0.452 e. The highest BCUT2D eigenvalue weighted by Gasteiger charge is 2.63. The van der Waals surface area contributed by atoms with Crippen molar-refractivity contribution in [2.45, 2.75) is 64.8 Å². The Morgan fingerprint density at radius 2 is 1.92 bits per heavy atom. The number of esters is 1. The van der Waals surface area contributed by atoms with Gasteiger partial charge in [-0.2, -0.15) is 5.43 Å². The van der Waals surface area contributed by atoms with Gasteiger partial charge in [-0.3, -0.25) is 4.79 Å². The van der Waals surface area contributed by atoms with Gasteiger partial charge in [0.1, 0.15) is 36.8 Å². The van der Waals surface area contributed by atoms with Gasteiger partial charge in [0.15, 0.2) is 0 Å². The van der Waals surface area contributed by atoms with Gasteiger partial charge in [-0.1, -0.05) is 30.3 Å². The van der Waals surface area contributed by atoms with Crippen molar-refractivity contribution in [1.82, 2.24) is 5.43 Å². The number of quaternary nitrogens is 1. The van der Waals surface area contributed by atoms with Crippen molar-refractivity contribution in [1.29, 1.82) is 0 Å². The first-order valence-corrected chi connectivity index (χ1v) is 9.30. The van der Waals surface area contributed by atoms with Crippen LogP contribution in [0.4, 0.5) is 4.79 Å². The molecule has 2 fully saturated rings. The van der Waals surface area contributed by atoms with Gasteiger partial charge < -0.3 is 9.47 Å². The molecule has 2 aliphatic heterocycles. The SMILES string of the molecule is C[C@H]1C(C(=O)OCc2ccccc2)CC2CC[N@@+]21NC(=O)OC(C)(C)C. The van der Waals surface area contributed by atoms with Gasteiger partial charge in [0.25, 0.3) is 0 Å². The summed E-state index contributed by atoms with van der Waals surface area (Å²) in [4.78, 5) is 24.9. The van der Waals surface area contributed by atoms with Gasteiger partial charge in [-0.05, 0) is 33.3 Å². The summed E-state index contributed by atoms with van der Waals surface area (Å²) in [6.07, 6.45) is 1.32. The summed E-state index contributed by atoms with van der Waals surface area (Å²) in [5.74, 6) is -0.389. The Bertz CT molecular complexity index is 670. The zero-order valence-corrected chi connectivity index (χ0v) is 16.0. The molecule has 6 heteroatoms.